The first-order valence-corrected chi connectivity index (χ1v) is 8.02. The molecular weight excluding hydrogens is 301 g/mol. The summed E-state index contributed by atoms with van der Waals surface area (Å²) in [5.41, 5.74) is 5.05. The molecule has 0 aliphatic carbocycles. The molecule has 2 aromatic rings. The van der Waals surface area contributed by atoms with E-state index in [1.807, 2.05) is 18.2 Å². The number of halogens is 2. The lowest BCUT2D eigenvalue weighted by Crippen LogP contribution is -2.24. The van der Waals surface area contributed by atoms with Gasteiger partial charge < -0.3 is 5.32 Å². The van der Waals surface area contributed by atoms with Crippen LogP contribution in [0.1, 0.15) is 35.2 Å². The minimum Gasteiger partial charge on any atom is -0.310 e. The first-order chi connectivity index (χ1) is 10.0. The van der Waals surface area contributed by atoms with Crippen molar-refractivity contribution >= 4 is 23.2 Å². The number of nitrogens with one attached hydrogen (secondary N) is 1. The second-order valence-corrected chi connectivity index (χ2v) is 6.18. The minimum atomic E-state index is 0.242. The highest BCUT2D eigenvalue weighted by atomic mass is 35.5. The predicted molar refractivity (Wildman–Crippen MR) is 92.5 cm³/mol. The van der Waals surface area contributed by atoms with Gasteiger partial charge in [-0.25, -0.2) is 0 Å². The standard InChI is InChI=1S/C18H21Cl2N/c1-4-21-18(16-7-5-6-12(2)13(16)3)11-14-10-15(19)8-9-17(14)20/h5-10,18,21H,4,11H2,1-3H3. The van der Waals surface area contributed by atoms with E-state index in [0.717, 1.165) is 28.6 Å². The van der Waals surface area contributed by atoms with Crippen LogP contribution in [0.15, 0.2) is 36.4 Å². The Balaban J connectivity index is 2.35. The highest BCUT2D eigenvalue weighted by Gasteiger charge is 2.16. The van der Waals surface area contributed by atoms with Gasteiger partial charge in [-0.05, 0) is 67.3 Å². The van der Waals surface area contributed by atoms with Gasteiger partial charge in [0, 0.05) is 16.1 Å². The lowest BCUT2D eigenvalue weighted by molar-refractivity contribution is 0.547. The molecule has 0 saturated heterocycles. The molecule has 0 bridgehead atoms. The summed E-state index contributed by atoms with van der Waals surface area (Å²) in [4.78, 5) is 0. The fraction of sp³-hybridized carbons (Fsp3) is 0.333. The van der Waals surface area contributed by atoms with Gasteiger partial charge in [0.1, 0.15) is 0 Å². The van der Waals surface area contributed by atoms with Crippen molar-refractivity contribution < 1.29 is 0 Å². The van der Waals surface area contributed by atoms with E-state index in [9.17, 15) is 0 Å². The van der Waals surface area contributed by atoms with Crippen LogP contribution >= 0.6 is 23.2 Å². The maximum atomic E-state index is 6.31. The highest BCUT2D eigenvalue weighted by molar-refractivity contribution is 6.33. The molecule has 112 valence electrons. The van der Waals surface area contributed by atoms with Crippen LogP contribution in [0.5, 0.6) is 0 Å². The summed E-state index contributed by atoms with van der Waals surface area (Å²) in [6, 6.07) is 12.3. The van der Waals surface area contributed by atoms with Crippen molar-refractivity contribution in [2.75, 3.05) is 6.54 Å². The predicted octanol–water partition coefficient (Wildman–Crippen LogP) is 5.50. The molecule has 0 aliphatic heterocycles. The third-order valence-corrected chi connectivity index (χ3v) is 4.51. The Hall–Kier alpha value is -1.02. The van der Waals surface area contributed by atoms with Gasteiger partial charge in [0.15, 0.2) is 0 Å². The molecule has 1 N–H and O–H groups in total. The van der Waals surface area contributed by atoms with Crippen molar-refractivity contribution in [2.45, 2.75) is 33.2 Å². The van der Waals surface area contributed by atoms with Crippen LogP contribution in [0.25, 0.3) is 0 Å². The summed E-state index contributed by atoms with van der Waals surface area (Å²) in [6.07, 6.45) is 0.831. The molecule has 2 rings (SSSR count). The fourth-order valence-corrected chi connectivity index (χ4v) is 3.00. The number of benzene rings is 2. The van der Waals surface area contributed by atoms with Crippen molar-refractivity contribution in [1.82, 2.24) is 5.32 Å². The number of hydrogen-bond donors (Lipinski definition) is 1. The molecule has 21 heavy (non-hydrogen) atoms. The monoisotopic (exact) mass is 321 g/mol. The SMILES string of the molecule is CCNC(Cc1cc(Cl)ccc1Cl)c1cccc(C)c1C. The molecule has 0 amide bonds. The molecule has 0 spiro atoms. The Labute approximate surface area is 137 Å². The van der Waals surface area contributed by atoms with Gasteiger partial charge in [-0.1, -0.05) is 48.3 Å². The first-order valence-electron chi connectivity index (χ1n) is 7.26. The second-order valence-electron chi connectivity index (χ2n) is 5.34. The van der Waals surface area contributed by atoms with Crippen molar-refractivity contribution in [1.29, 1.82) is 0 Å². The van der Waals surface area contributed by atoms with Gasteiger partial charge in [-0.2, -0.15) is 0 Å². The number of likely N-dealkylation sites (N-methyl/N-ethyl adjacent to an activating group) is 1. The fourth-order valence-electron chi connectivity index (χ4n) is 2.61. The normalized spacial score (nSPS) is 12.4. The van der Waals surface area contributed by atoms with Crippen LogP contribution < -0.4 is 5.32 Å². The Morgan fingerprint density at radius 3 is 2.57 bits per heavy atom. The Bertz CT molecular complexity index is 623. The van der Waals surface area contributed by atoms with Crippen LogP contribution in [0, 0.1) is 13.8 Å². The molecule has 2 aromatic carbocycles. The Morgan fingerprint density at radius 2 is 1.86 bits per heavy atom. The molecular formula is C18H21Cl2N. The highest BCUT2D eigenvalue weighted by Crippen LogP contribution is 2.28. The van der Waals surface area contributed by atoms with Crippen molar-refractivity contribution in [3.05, 3.63) is 68.7 Å². The molecule has 0 heterocycles. The van der Waals surface area contributed by atoms with Crippen LogP contribution in [0.3, 0.4) is 0 Å². The lowest BCUT2D eigenvalue weighted by atomic mass is 9.93. The minimum absolute atomic E-state index is 0.242. The van der Waals surface area contributed by atoms with E-state index < -0.39 is 0 Å². The van der Waals surface area contributed by atoms with E-state index in [1.165, 1.54) is 16.7 Å². The van der Waals surface area contributed by atoms with Gasteiger partial charge in [-0.15, -0.1) is 0 Å². The average Bonchev–Trinajstić information content (AvgIpc) is 2.45. The van der Waals surface area contributed by atoms with E-state index in [4.69, 9.17) is 23.2 Å². The van der Waals surface area contributed by atoms with Gasteiger partial charge in [0.2, 0.25) is 0 Å². The van der Waals surface area contributed by atoms with Crippen LogP contribution in [-0.2, 0) is 6.42 Å². The largest absolute Gasteiger partial charge is 0.310 e. The lowest BCUT2D eigenvalue weighted by Gasteiger charge is -2.22. The van der Waals surface area contributed by atoms with E-state index in [0.29, 0.717) is 0 Å². The number of aryl methyl sites for hydroxylation is 1. The summed E-state index contributed by atoms with van der Waals surface area (Å²) in [6.45, 7) is 7.36. The van der Waals surface area contributed by atoms with E-state index in [1.54, 1.807) is 0 Å². The van der Waals surface area contributed by atoms with E-state index in [-0.39, 0.29) is 6.04 Å². The van der Waals surface area contributed by atoms with Gasteiger partial charge in [-0.3, -0.25) is 0 Å². The summed E-state index contributed by atoms with van der Waals surface area (Å²) in [5, 5.41) is 5.06. The van der Waals surface area contributed by atoms with E-state index >= 15 is 0 Å². The quantitative estimate of drug-likeness (QED) is 0.766. The molecule has 1 unspecified atom stereocenters. The maximum Gasteiger partial charge on any atom is 0.0439 e. The molecule has 0 fully saturated rings. The topological polar surface area (TPSA) is 12.0 Å². The molecule has 1 atom stereocenters. The van der Waals surface area contributed by atoms with Crippen LogP contribution in [0.4, 0.5) is 0 Å². The third-order valence-electron chi connectivity index (χ3n) is 3.90. The molecule has 3 heteroatoms. The number of rotatable bonds is 5. The third kappa shape index (κ3) is 4.00. The van der Waals surface area contributed by atoms with Gasteiger partial charge in [0.25, 0.3) is 0 Å². The summed E-state index contributed by atoms with van der Waals surface area (Å²) < 4.78 is 0. The van der Waals surface area contributed by atoms with Crippen LogP contribution in [0.2, 0.25) is 10.0 Å². The summed E-state index contributed by atoms with van der Waals surface area (Å²) >= 11 is 12.4. The van der Waals surface area contributed by atoms with Crippen molar-refractivity contribution in [3.63, 3.8) is 0 Å². The molecule has 0 radical (unpaired) electrons. The smallest absolute Gasteiger partial charge is 0.0439 e. The van der Waals surface area contributed by atoms with Gasteiger partial charge in [0.05, 0.1) is 0 Å². The Morgan fingerprint density at radius 1 is 1.10 bits per heavy atom. The zero-order chi connectivity index (χ0) is 15.4. The molecule has 0 aromatic heterocycles. The molecule has 1 nitrogen and oxygen atoms in total. The molecule has 0 saturated carbocycles. The van der Waals surface area contributed by atoms with Crippen molar-refractivity contribution in [2.24, 2.45) is 0 Å². The van der Waals surface area contributed by atoms with E-state index in [2.05, 4.69) is 44.3 Å². The summed E-state index contributed by atoms with van der Waals surface area (Å²) in [7, 11) is 0. The zero-order valence-electron chi connectivity index (χ0n) is 12.7. The second kappa shape index (κ2) is 7.31. The Kier molecular flexibility index (Phi) is 5.69. The first kappa shape index (κ1) is 16.4. The molecule has 0 aliphatic rings. The average molecular weight is 322 g/mol. The zero-order valence-corrected chi connectivity index (χ0v) is 14.2. The van der Waals surface area contributed by atoms with Crippen molar-refractivity contribution in [3.8, 4) is 0 Å². The maximum absolute atomic E-state index is 6.31. The summed E-state index contributed by atoms with van der Waals surface area (Å²) in [5.74, 6) is 0. The van der Waals surface area contributed by atoms with Gasteiger partial charge >= 0.3 is 0 Å². The number of hydrogen-bond acceptors (Lipinski definition) is 1. The van der Waals surface area contributed by atoms with Crippen LogP contribution in [-0.4, -0.2) is 6.54 Å².